The van der Waals surface area contributed by atoms with Crippen molar-refractivity contribution in [2.45, 2.75) is 45.0 Å². The second-order valence-electron chi connectivity index (χ2n) is 8.31. The number of hydrogen-bond acceptors (Lipinski definition) is 4. The molecule has 0 bridgehead atoms. The zero-order valence-electron chi connectivity index (χ0n) is 19.6. The Morgan fingerprint density at radius 1 is 1.00 bits per heavy atom. The summed E-state index contributed by atoms with van der Waals surface area (Å²) in [6.45, 7) is 0.519. The van der Waals surface area contributed by atoms with Gasteiger partial charge in [-0.25, -0.2) is 24.1 Å². The number of alkyl halides is 7. The number of carboxylic acid groups (broad SMARTS) is 1. The highest BCUT2D eigenvalue weighted by atomic mass is 19.4. The minimum atomic E-state index is -5.07. The Labute approximate surface area is 211 Å². The molecule has 0 aliphatic heterocycles. The van der Waals surface area contributed by atoms with Crippen LogP contribution in [0.15, 0.2) is 54.7 Å². The van der Waals surface area contributed by atoms with E-state index in [1.54, 1.807) is 6.07 Å². The third kappa shape index (κ3) is 7.05. The van der Waals surface area contributed by atoms with Crippen molar-refractivity contribution in [3.05, 3.63) is 94.1 Å². The van der Waals surface area contributed by atoms with E-state index in [0.29, 0.717) is 12.3 Å². The van der Waals surface area contributed by atoms with Crippen LogP contribution in [-0.2, 0) is 19.1 Å². The highest BCUT2D eigenvalue weighted by Crippen LogP contribution is 2.34. The van der Waals surface area contributed by atoms with E-state index in [4.69, 9.17) is 5.11 Å². The normalized spacial score (nSPS) is 12.7. The first-order valence-corrected chi connectivity index (χ1v) is 11.0. The average Bonchev–Trinajstić information content (AvgIpc) is 2.84. The van der Waals surface area contributed by atoms with Crippen molar-refractivity contribution in [3.63, 3.8) is 0 Å². The number of hydrogen-bond donors (Lipinski definition) is 1. The van der Waals surface area contributed by atoms with Crippen LogP contribution in [0.25, 0.3) is 0 Å². The number of carbonyl (C=O) groups is 2. The first-order valence-electron chi connectivity index (χ1n) is 11.0. The molecule has 3 rings (SSSR count). The number of pyridine rings is 2. The summed E-state index contributed by atoms with van der Waals surface area (Å²) in [5.74, 6) is -3.19. The quantitative estimate of drug-likeness (QED) is 0.266. The lowest BCUT2D eigenvalue weighted by Crippen LogP contribution is -2.42. The van der Waals surface area contributed by atoms with E-state index < -0.39 is 72.4 Å². The third-order valence-electron chi connectivity index (χ3n) is 5.47. The number of carboxylic acids is 1. The van der Waals surface area contributed by atoms with Gasteiger partial charge in [-0.1, -0.05) is 30.3 Å². The van der Waals surface area contributed by atoms with Crippen molar-refractivity contribution >= 4 is 11.9 Å². The second-order valence-corrected chi connectivity index (χ2v) is 8.31. The highest BCUT2D eigenvalue weighted by Gasteiger charge is 2.42. The molecule has 0 saturated carbocycles. The SMILES string of the molecule is Cc1cc(C(F)CCc2cnc(C(=O)O)cc2C(F)(F)F)cc(C(=O)N(Cc2ccccc2)C(F)(F)F)n1. The van der Waals surface area contributed by atoms with Gasteiger partial charge in [0.15, 0.2) is 0 Å². The van der Waals surface area contributed by atoms with Crippen molar-refractivity contribution in [1.29, 1.82) is 0 Å². The Morgan fingerprint density at radius 2 is 1.66 bits per heavy atom. The first kappa shape index (κ1) is 28.5. The van der Waals surface area contributed by atoms with Crippen LogP contribution in [0.1, 0.15) is 61.5 Å². The molecule has 2 aromatic heterocycles. The van der Waals surface area contributed by atoms with Crippen molar-refractivity contribution in [1.82, 2.24) is 14.9 Å². The van der Waals surface area contributed by atoms with Gasteiger partial charge >= 0.3 is 18.4 Å². The van der Waals surface area contributed by atoms with E-state index in [0.717, 1.165) is 6.07 Å². The molecule has 0 aliphatic rings. The van der Waals surface area contributed by atoms with Crippen LogP contribution in [0.4, 0.5) is 30.7 Å². The molecule has 1 aromatic carbocycles. The maximum atomic E-state index is 15.1. The molecule has 1 amide bonds. The molecule has 0 radical (unpaired) electrons. The molecule has 3 aromatic rings. The van der Waals surface area contributed by atoms with Gasteiger partial charge in [-0.2, -0.15) is 13.2 Å². The van der Waals surface area contributed by atoms with E-state index in [2.05, 4.69) is 9.97 Å². The second kappa shape index (κ2) is 11.2. The zero-order chi connectivity index (χ0) is 28.3. The minimum Gasteiger partial charge on any atom is -0.477 e. The first-order chi connectivity index (χ1) is 17.7. The van der Waals surface area contributed by atoms with E-state index in [1.807, 2.05) is 0 Å². The minimum absolute atomic E-state index is 0.0267. The average molecular weight is 543 g/mol. The largest absolute Gasteiger partial charge is 0.487 e. The van der Waals surface area contributed by atoms with E-state index >= 15 is 4.39 Å². The summed E-state index contributed by atoms with van der Waals surface area (Å²) in [7, 11) is 0. The number of carbonyl (C=O) groups excluding carboxylic acids is 1. The fourth-order valence-corrected chi connectivity index (χ4v) is 3.68. The molecule has 38 heavy (non-hydrogen) atoms. The summed E-state index contributed by atoms with van der Waals surface area (Å²) in [4.78, 5) is 30.6. The Morgan fingerprint density at radius 3 is 2.24 bits per heavy atom. The summed E-state index contributed by atoms with van der Waals surface area (Å²) < 4.78 is 96.4. The van der Waals surface area contributed by atoms with Gasteiger partial charge in [0.1, 0.15) is 17.6 Å². The molecule has 13 heteroatoms. The molecule has 0 spiro atoms. The molecule has 0 saturated heterocycles. The van der Waals surface area contributed by atoms with Gasteiger partial charge in [0, 0.05) is 11.9 Å². The monoisotopic (exact) mass is 543 g/mol. The number of nitrogens with zero attached hydrogens (tertiary/aromatic N) is 3. The van der Waals surface area contributed by atoms with Gasteiger partial charge in [0.2, 0.25) is 0 Å². The Bertz CT molecular complexity index is 1310. The molecule has 0 fully saturated rings. The number of aromatic carboxylic acids is 1. The van der Waals surface area contributed by atoms with Crippen LogP contribution in [0, 0.1) is 6.92 Å². The van der Waals surface area contributed by atoms with Crippen molar-refractivity contribution in [2.75, 3.05) is 0 Å². The zero-order valence-corrected chi connectivity index (χ0v) is 19.6. The molecule has 202 valence electrons. The van der Waals surface area contributed by atoms with Gasteiger partial charge < -0.3 is 5.11 Å². The summed E-state index contributed by atoms with van der Waals surface area (Å²) in [6, 6.07) is 9.73. The van der Waals surface area contributed by atoms with E-state index in [1.165, 1.54) is 37.3 Å². The number of aromatic nitrogens is 2. The fourth-order valence-electron chi connectivity index (χ4n) is 3.68. The third-order valence-corrected chi connectivity index (χ3v) is 5.47. The molecule has 2 heterocycles. The van der Waals surface area contributed by atoms with Crippen LogP contribution in [0.3, 0.4) is 0 Å². The topological polar surface area (TPSA) is 83.4 Å². The van der Waals surface area contributed by atoms with Gasteiger partial charge in [-0.05, 0) is 54.7 Å². The van der Waals surface area contributed by atoms with E-state index in [-0.39, 0.29) is 21.7 Å². The van der Waals surface area contributed by atoms with Gasteiger partial charge in [0.25, 0.3) is 5.91 Å². The number of halogens is 7. The van der Waals surface area contributed by atoms with Gasteiger partial charge in [-0.15, -0.1) is 13.2 Å². The fraction of sp³-hybridized carbons (Fsp3) is 0.280. The lowest BCUT2D eigenvalue weighted by Gasteiger charge is -2.25. The standard InChI is InChI=1S/C25H20F7N3O3/c1-14-9-17(19(26)8-7-16-12-33-21(23(37)38)11-18(16)24(27,28)29)10-20(34-14)22(36)35(25(30,31)32)13-15-5-3-2-4-6-15/h2-6,9-12,19H,7-8,13H2,1H3,(H,37,38). The van der Waals surface area contributed by atoms with Crippen LogP contribution in [0.2, 0.25) is 0 Å². The lowest BCUT2D eigenvalue weighted by atomic mass is 9.99. The molecule has 1 unspecified atom stereocenters. The van der Waals surface area contributed by atoms with Crippen LogP contribution in [0.5, 0.6) is 0 Å². The predicted molar refractivity (Wildman–Crippen MR) is 120 cm³/mol. The van der Waals surface area contributed by atoms with Crippen LogP contribution in [-0.4, -0.2) is 38.2 Å². The van der Waals surface area contributed by atoms with Crippen LogP contribution < -0.4 is 0 Å². The number of rotatable bonds is 8. The molecular weight excluding hydrogens is 523 g/mol. The van der Waals surface area contributed by atoms with Crippen LogP contribution >= 0.6 is 0 Å². The summed E-state index contributed by atoms with van der Waals surface area (Å²) in [5.41, 5.74) is -3.30. The lowest BCUT2D eigenvalue weighted by molar-refractivity contribution is -0.228. The number of amides is 1. The van der Waals surface area contributed by atoms with Gasteiger partial charge in [-0.3, -0.25) is 4.79 Å². The highest BCUT2D eigenvalue weighted by molar-refractivity contribution is 5.92. The predicted octanol–water partition coefficient (Wildman–Crippen LogP) is 6.31. The Kier molecular flexibility index (Phi) is 8.38. The molecular formula is C25H20F7N3O3. The molecule has 1 N–H and O–H groups in total. The van der Waals surface area contributed by atoms with E-state index in [9.17, 15) is 35.9 Å². The van der Waals surface area contributed by atoms with Crippen molar-refractivity contribution in [2.24, 2.45) is 0 Å². The molecule has 1 atom stereocenters. The number of aryl methyl sites for hydroxylation is 2. The summed E-state index contributed by atoms with van der Waals surface area (Å²) in [5, 5.41) is 8.90. The Balaban J connectivity index is 1.85. The molecule has 6 nitrogen and oxygen atoms in total. The van der Waals surface area contributed by atoms with Crippen molar-refractivity contribution < 1.29 is 45.4 Å². The van der Waals surface area contributed by atoms with Gasteiger partial charge in [0.05, 0.1) is 12.1 Å². The van der Waals surface area contributed by atoms with Crippen molar-refractivity contribution in [3.8, 4) is 0 Å². The smallest absolute Gasteiger partial charge is 0.477 e. The molecule has 0 aliphatic carbocycles. The maximum absolute atomic E-state index is 15.1. The number of benzene rings is 1. The summed E-state index contributed by atoms with van der Waals surface area (Å²) >= 11 is 0. The Hall–Kier alpha value is -4.03. The maximum Gasteiger partial charge on any atom is 0.487 e. The summed E-state index contributed by atoms with van der Waals surface area (Å²) in [6.07, 6.45) is -12.4.